The molecule has 1 fully saturated rings. The van der Waals surface area contributed by atoms with Crippen molar-refractivity contribution in [3.63, 3.8) is 0 Å². The molecule has 0 saturated heterocycles. The standard InChI is InChI=1S/C16H28N2O3Si/c1-7-20-15(19)13-10-14(17-18(13)11-12-8-9-12)21-22(5,6)16(2,3)4/h10,12H,7-9,11H2,1-6H3. The number of aromatic nitrogens is 2. The summed E-state index contributed by atoms with van der Waals surface area (Å²) in [5, 5.41) is 4.62. The highest BCUT2D eigenvalue weighted by molar-refractivity contribution is 6.74. The summed E-state index contributed by atoms with van der Waals surface area (Å²) < 4.78 is 13.1. The Morgan fingerprint density at radius 2 is 2.05 bits per heavy atom. The normalized spacial score (nSPS) is 15.7. The largest absolute Gasteiger partial charge is 0.530 e. The number of rotatable bonds is 6. The summed E-state index contributed by atoms with van der Waals surface area (Å²) in [6, 6.07) is 1.74. The van der Waals surface area contributed by atoms with Gasteiger partial charge in [-0.15, -0.1) is 5.10 Å². The molecule has 0 spiro atoms. The van der Waals surface area contributed by atoms with Crippen LogP contribution in [0.3, 0.4) is 0 Å². The second-order valence-electron chi connectivity index (χ2n) is 7.58. The molecule has 1 heterocycles. The number of nitrogens with zero attached hydrogens (tertiary/aromatic N) is 2. The van der Waals surface area contributed by atoms with E-state index in [2.05, 4.69) is 39.0 Å². The van der Waals surface area contributed by atoms with E-state index in [1.54, 1.807) is 10.7 Å². The first-order chi connectivity index (χ1) is 10.1. The predicted octanol–water partition coefficient (Wildman–Crippen LogP) is 3.85. The van der Waals surface area contributed by atoms with Crippen LogP contribution in [-0.2, 0) is 11.3 Å². The van der Waals surface area contributed by atoms with E-state index in [1.807, 2.05) is 6.92 Å². The van der Waals surface area contributed by atoms with E-state index in [0.29, 0.717) is 24.1 Å². The fraction of sp³-hybridized carbons (Fsp3) is 0.750. The van der Waals surface area contributed by atoms with Crippen LogP contribution in [0.5, 0.6) is 5.88 Å². The average molecular weight is 324 g/mol. The number of carbonyl (C=O) groups excluding carboxylic acids is 1. The third-order valence-corrected chi connectivity index (χ3v) is 8.87. The van der Waals surface area contributed by atoms with E-state index in [0.717, 1.165) is 6.54 Å². The zero-order chi connectivity index (χ0) is 16.5. The molecule has 0 amide bonds. The summed E-state index contributed by atoms with van der Waals surface area (Å²) in [4.78, 5) is 12.1. The lowest BCUT2D eigenvalue weighted by molar-refractivity contribution is 0.0511. The van der Waals surface area contributed by atoms with Crippen molar-refractivity contribution in [3.05, 3.63) is 11.8 Å². The fourth-order valence-corrected chi connectivity index (χ4v) is 2.84. The van der Waals surface area contributed by atoms with Crippen molar-refractivity contribution in [2.45, 2.75) is 65.2 Å². The van der Waals surface area contributed by atoms with Gasteiger partial charge >= 0.3 is 5.97 Å². The van der Waals surface area contributed by atoms with Crippen molar-refractivity contribution in [1.82, 2.24) is 9.78 Å². The molecule has 0 aliphatic heterocycles. The summed E-state index contributed by atoms with van der Waals surface area (Å²) in [5.41, 5.74) is 0.502. The molecule has 0 atom stereocenters. The molecule has 2 rings (SSSR count). The molecule has 1 aliphatic carbocycles. The van der Waals surface area contributed by atoms with Crippen LogP contribution in [0.4, 0.5) is 0 Å². The summed E-state index contributed by atoms with van der Waals surface area (Å²) in [5.74, 6) is 0.866. The summed E-state index contributed by atoms with van der Waals surface area (Å²) in [7, 11) is -1.96. The van der Waals surface area contributed by atoms with Gasteiger partial charge in [0.25, 0.3) is 8.32 Å². The van der Waals surface area contributed by atoms with Gasteiger partial charge in [0.15, 0.2) is 0 Å². The van der Waals surface area contributed by atoms with Crippen molar-refractivity contribution < 1.29 is 14.0 Å². The quantitative estimate of drug-likeness (QED) is 0.589. The molecular weight excluding hydrogens is 296 g/mol. The van der Waals surface area contributed by atoms with Crippen molar-refractivity contribution in [1.29, 1.82) is 0 Å². The smallest absolute Gasteiger partial charge is 0.356 e. The minimum absolute atomic E-state index is 0.0946. The second kappa shape index (κ2) is 6.06. The predicted molar refractivity (Wildman–Crippen MR) is 88.7 cm³/mol. The molecule has 0 N–H and O–H groups in total. The highest BCUT2D eigenvalue weighted by Crippen LogP contribution is 2.37. The SMILES string of the molecule is CCOC(=O)c1cc(O[Si](C)(C)C(C)(C)C)nn1CC1CC1. The molecule has 0 unspecified atom stereocenters. The monoisotopic (exact) mass is 324 g/mol. The number of esters is 1. The summed E-state index contributed by atoms with van der Waals surface area (Å²) in [6.45, 7) is 13.9. The van der Waals surface area contributed by atoms with Crippen molar-refractivity contribution in [2.75, 3.05) is 6.61 Å². The van der Waals surface area contributed by atoms with Crippen LogP contribution in [0.15, 0.2) is 6.07 Å². The van der Waals surface area contributed by atoms with E-state index in [4.69, 9.17) is 9.16 Å². The van der Waals surface area contributed by atoms with Gasteiger partial charge in [0.2, 0.25) is 5.88 Å². The van der Waals surface area contributed by atoms with E-state index in [-0.39, 0.29) is 11.0 Å². The lowest BCUT2D eigenvalue weighted by Gasteiger charge is -2.35. The number of ether oxygens (including phenoxy) is 1. The van der Waals surface area contributed by atoms with Gasteiger partial charge in [0.1, 0.15) is 5.69 Å². The number of carbonyl (C=O) groups is 1. The molecule has 5 nitrogen and oxygen atoms in total. The molecule has 0 aromatic carbocycles. The molecule has 1 aromatic heterocycles. The van der Waals surface area contributed by atoms with Crippen LogP contribution in [-0.4, -0.2) is 30.7 Å². The zero-order valence-electron chi connectivity index (χ0n) is 14.6. The first-order valence-corrected chi connectivity index (χ1v) is 11.0. The van der Waals surface area contributed by atoms with Gasteiger partial charge in [-0.3, -0.25) is 4.68 Å². The van der Waals surface area contributed by atoms with Crippen LogP contribution < -0.4 is 4.43 Å². The molecule has 1 aliphatic rings. The van der Waals surface area contributed by atoms with Crippen molar-refractivity contribution >= 4 is 14.3 Å². The first kappa shape index (κ1) is 17.1. The summed E-state index contributed by atoms with van der Waals surface area (Å²) >= 11 is 0. The lowest BCUT2D eigenvalue weighted by atomic mass is 10.2. The molecule has 1 aromatic rings. The fourth-order valence-electron chi connectivity index (χ4n) is 1.91. The van der Waals surface area contributed by atoms with Crippen molar-refractivity contribution in [3.8, 4) is 5.88 Å². The Morgan fingerprint density at radius 1 is 1.41 bits per heavy atom. The van der Waals surface area contributed by atoms with Gasteiger partial charge in [-0.1, -0.05) is 20.8 Å². The molecule has 0 radical (unpaired) electrons. The zero-order valence-corrected chi connectivity index (χ0v) is 15.6. The Hall–Kier alpha value is -1.30. The van der Waals surface area contributed by atoms with Crippen molar-refractivity contribution in [2.24, 2.45) is 5.92 Å². The average Bonchev–Trinajstić information content (AvgIpc) is 3.09. The van der Waals surface area contributed by atoms with Gasteiger partial charge in [0, 0.05) is 12.6 Å². The van der Waals surface area contributed by atoms with Crippen LogP contribution in [0, 0.1) is 5.92 Å². The Bertz CT molecular complexity index is 542. The Morgan fingerprint density at radius 3 is 2.55 bits per heavy atom. The maximum atomic E-state index is 12.1. The van der Waals surface area contributed by atoms with Gasteiger partial charge < -0.3 is 9.16 Å². The van der Waals surface area contributed by atoms with Crippen LogP contribution in [0.25, 0.3) is 0 Å². The molecular formula is C16H28N2O3Si. The third kappa shape index (κ3) is 3.91. The van der Waals surface area contributed by atoms with Gasteiger partial charge in [0.05, 0.1) is 6.61 Å². The van der Waals surface area contributed by atoms with Gasteiger partial charge in [-0.05, 0) is 43.8 Å². The van der Waals surface area contributed by atoms with E-state index >= 15 is 0 Å². The minimum Gasteiger partial charge on any atom is -0.530 e. The third-order valence-electron chi connectivity index (χ3n) is 4.54. The van der Waals surface area contributed by atoms with Crippen LogP contribution in [0.1, 0.15) is 51.0 Å². The summed E-state index contributed by atoms with van der Waals surface area (Å²) in [6.07, 6.45) is 2.42. The topological polar surface area (TPSA) is 53.4 Å². The maximum Gasteiger partial charge on any atom is 0.356 e. The molecule has 6 heteroatoms. The van der Waals surface area contributed by atoms with Gasteiger partial charge in [-0.25, -0.2) is 4.79 Å². The lowest BCUT2D eigenvalue weighted by Crippen LogP contribution is -2.44. The van der Waals surface area contributed by atoms with Crippen LogP contribution >= 0.6 is 0 Å². The Kier molecular flexibility index (Phi) is 4.70. The number of hydrogen-bond acceptors (Lipinski definition) is 4. The second-order valence-corrected chi connectivity index (χ2v) is 12.3. The molecule has 124 valence electrons. The highest BCUT2D eigenvalue weighted by atomic mass is 28.4. The highest BCUT2D eigenvalue weighted by Gasteiger charge is 2.40. The molecule has 0 bridgehead atoms. The van der Waals surface area contributed by atoms with Gasteiger partial charge in [-0.2, -0.15) is 0 Å². The van der Waals surface area contributed by atoms with E-state index < -0.39 is 8.32 Å². The number of hydrogen-bond donors (Lipinski definition) is 0. The maximum absolute atomic E-state index is 12.1. The van der Waals surface area contributed by atoms with E-state index in [9.17, 15) is 4.79 Å². The Labute approximate surface area is 134 Å². The molecule has 22 heavy (non-hydrogen) atoms. The Balaban J connectivity index is 2.23. The minimum atomic E-state index is -1.96. The molecule has 1 saturated carbocycles. The van der Waals surface area contributed by atoms with E-state index in [1.165, 1.54) is 12.8 Å². The van der Waals surface area contributed by atoms with Crippen LogP contribution in [0.2, 0.25) is 18.1 Å². The first-order valence-electron chi connectivity index (χ1n) is 8.08.